The summed E-state index contributed by atoms with van der Waals surface area (Å²) in [7, 11) is -6.99. The van der Waals surface area contributed by atoms with Crippen molar-refractivity contribution in [3.63, 3.8) is 0 Å². The third kappa shape index (κ3) is 8.93. The van der Waals surface area contributed by atoms with Gasteiger partial charge in [0.05, 0.1) is 21.2 Å². The summed E-state index contributed by atoms with van der Waals surface area (Å²) in [6.07, 6.45) is 0. The van der Waals surface area contributed by atoms with Crippen LogP contribution in [0.2, 0.25) is 0 Å². The van der Waals surface area contributed by atoms with Gasteiger partial charge in [-0.05, 0) is 101 Å². The van der Waals surface area contributed by atoms with E-state index >= 15 is 0 Å². The summed E-state index contributed by atoms with van der Waals surface area (Å²) in [6.45, 7) is 14.0. The van der Waals surface area contributed by atoms with Gasteiger partial charge in [0.25, 0.3) is 20.0 Å². The third-order valence-corrected chi connectivity index (χ3v) is 15.9. The van der Waals surface area contributed by atoms with Gasteiger partial charge in [0, 0.05) is 62.7 Å². The molecule has 52 heavy (non-hydrogen) atoms. The fourth-order valence-corrected chi connectivity index (χ4v) is 11.9. The molecule has 2 saturated heterocycles. The molecule has 12 nitrogen and oxygen atoms in total. The minimum atomic E-state index is -3.49. The van der Waals surface area contributed by atoms with Gasteiger partial charge in [0.1, 0.15) is 8.42 Å². The van der Waals surface area contributed by atoms with Gasteiger partial charge < -0.3 is 31.5 Å². The van der Waals surface area contributed by atoms with Crippen LogP contribution in [0.15, 0.2) is 81.2 Å². The Hall–Kier alpha value is -3.22. The molecular weight excluding hydrogens is 741 g/mol. The molecule has 2 fully saturated rings. The molecule has 0 unspecified atom stereocenters. The smallest absolute Gasteiger partial charge is 0.252 e. The highest BCUT2D eigenvalue weighted by atomic mass is 32.3. The predicted molar refractivity (Wildman–Crippen MR) is 212 cm³/mol. The fraction of sp³-hybridized carbons (Fsp3) is 0.444. The van der Waals surface area contributed by atoms with Crippen LogP contribution in [0.25, 0.3) is 0 Å². The molecule has 2 aliphatic rings. The number of hydrogen-bond donors (Lipinski definition) is 4. The summed E-state index contributed by atoms with van der Waals surface area (Å²) in [5, 5.41) is 21.2. The van der Waals surface area contributed by atoms with Crippen molar-refractivity contribution in [1.29, 1.82) is 0 Å². The second-order valence-corrected chi connectivity index (χ2v) is 20.9. The van der Waals surface area contributed by atoms with Crippen LogP contribution in [0.4, 0.5) is 21.4 Å². The van der Waals surface area contributed by atoms with Crippen molar-refractivity contribution in [2.24, 2.45) is 0 Å². The van der Waals surface area contributed by atoms with Crippen molar-refractivity contribution in [3.8, 4) is 0 Å². The number of nitrogens with two attached hydrogens (primary N) is 2. The fourth-order valence-electron chi connectivity index (χ4n) is 6.37. The maximum absolute atomic E-state index is 12.8. The lowest BCUT2D eigenvalue weighted by atomic mass is 9.98. The number of rotatable bonds is 8. The van der Waals surface area contributed by atoms with Gasteiger partial charge >= 0.3 is 0 Å². The first-order valence-corrected chi connectivity index (χ1v) is 21.6. The largest absolute Gasteiger partial charge is 0.391 e. The minimum Gasteiger partial charge on any atom is -0.391 e. The molecule has 2 aromatic heterocycles. The van der Waals surface area contributed by atoms with Crippen LogP contribution in [0.1, 0.15) is 52.7 Å². The van der Waals surface area contributed by atoms with Crippen molar-refractivity contribution in [3.05, 3.63) is 83.9 Å². The summed E-state index contributed by atoms with van der Waals surface area (Å²) >= 11 is 2.20. The van der Waals surface area contributed by atoms with Crippen molar-refractivity contribution in [2.45, 2.75) is 73.2 Å². The van der Waals surface area contributed by atoms with E-state index in [-0.39, 0.29) is 12.1 Å². The molecule has 6 rings (SSSR count). The van der Waals surface area contributed by atoms with E-state index in [0.717, 1.165) is 45.2 Å². The Labute approximate surface area is 316 Å². The number of hydrogen-bond acceptors (Lipinski definition) is 12. The molecule has 0 aliphatic carbocycles. The van der Waals surface area contributed by atoms with Crippen molar-refractivity contribution >= 4 is 64.1 Å². The molecule has 2 aliphatic heterocycles. The van der Waals surface area contributed by atoms with E-state index in [1.165, 1.54) is 8.61 Å². The van der Waals surface area contributed by atoms with Crippen LogP contribution in [-0.4, -0.2) is 87.0 Å². The second kappa shape index (κ2) is 15.3. The Bertz CT molecular complexity index is 1890. The number of aliphatic hydroxyl groups is 2. The Morgan fingerprint density at radius 3 is 1.15 bits per heavy atom. The SMILES string of the molecule is C[C@H]1CN(S(=O)(=O)c2ccc(N)s2)CCN1c1ccc(C(C)(C)O)cc1.C[C@H]1CN(S(=O)(=O)c2ccc(N)s2)CCN1c1ccc(C(C)(C)O)cc1. The summed E-state index contributed by atoms with van der Waals surface area (Å²) in [4.78, 5) is 4.39. The number of thiophene rings is 2. The van der Waals surface area contributed by atoms with Crippen LogP contribution in [0, 0.1) is 0 Å². The average Bonchev–Trinajstić information content (AvgIpc) is 3.73. The average molecular weight is 791 g/mol. The zero-order valence-corrected chi connectivity index (χ0v) is 33.7. The van der Waals surface area contributed by atoms with E-state index in [0.29, 0.717) is 57.7 Å². The topological polar surface area (TPSA) is 174 Å². The Morgan fingerprint density at radius 1 is 0.577 bits per heavy atom. The van der Waals surface area contributed by atoms with Gasteiger partial charge in [-0.25, -0.2) is 16.8 Å². The number of benzene rings is 2. The predicted octanol–water partition coefficient (Wildman–Crippen LogP) is 4.91. The van der Waals surface area contributed by atoms with E-state index in [1.807, 2.05) is 62.4 Å². The molecule has 16 heteroatoms. The first-order valence-electron chi connectivity index (χ1n) is 17.1. The molecule has 2 atom stereocenters. The number of anilines is 4. The van der Waals surface area contributed by atoms with Crippen molar-refractivity contribution < 1.29 is 27.0 Å². The summed E-state index contributed by atoms with van der Waals surface area (Å²) in [6, 6.07) is 22.1. The third-order valence-electron chi connectivity index (χ3n) is 9.38. The lowest BCUT2D eigenvalue weighted by Gasteiger charge is -2.40. The van der Waals surface area contributed by atoms with Crippen molar-refractivity contribution in [2.75, 3.05) is 60.5 Å². The molecule has 6 N–H and O–H groups in total. The first-order chi connectivity index (χ1) is 24.2. The Morgan fingerprint density at radius 2 is 0.904 bits per heavy atom. The van der Waals surface area contributed by atoms with E-state index in [4.69, 9.17) is 11.5 Å². The first kappa shape index (κ1) is 40.0. The van der Waals surface area contributed by atoms with E-state index in [1.54, 1.807) is 52.0 Å². The normalized spacial score (nSPS) is 19.7. The molecule has 4 heterocycles. The molecular formula is C36H50N6O6S4. The van der Waals surface area contributed by atoms with Crippen LogP contribution < -0.4 is 21.3 Å². The highest BCUT2D eigenvalue weighted by Gasteiger charge is 2.35. The zero-order chi connectivity index (χ0) is 38.2. The van der Waals surface area contributed by atoms with Crippen molar-refractivity contribution in [1.82, 2.24) is 8.61 Å². The standard InChI is InChI=1S/2C18H25N3O3S2/c2*1-13-12-20(26(23,24)17-9-8-16(19)25-17)10-11-21(13)15-6-4-14(5-7-15)18(2,3)22/h2*4-9,13,22H,10-12,19H2,1-3H3/t2*13-/m00/s1. The minimum absolute atomic E-state index is 0.0452. The quantitative estimate of drug-likeness (QED) is 0.192. The number of nitrogens with zero attached hydrogens (tertiary/aromatic N) is 4. The maximum Gasteiger partial charge on any atom is 0.252 e. The zero-order valence-electron chi connectivity index (χ0n) is 30.4. The summed E-state index contributed by atoms with van der Waals surface area (Å²) in [5.74, 6) is 0. The van der Waals surface area contributed by atoms with Gasteiger partial charge in [0.2, 0.25) is 0 Å². The summed E-state index contributed by atoms with van der Waals surface area (Å²) < 4.78 is 54.8. The van der Waals surface area contributed by atoms with Crippen LogP contribution >= 0.6 is 22.7 Å². The molecule has 2 aromatic carbocycles. The van der Waals surface area contributed by atoms with Gasteiger partial charge in [-0.1, -0.05) is 24.3 Å². The van der Waals surface area contributed by atoms with Crippen LogP contribution in [0.5, 0.6) is 0 Å². The molecule has 0 bridgehead atoms. The molecule has 4 aromatic rings. The monoisotopic (exact) mass is 790 g/mol. The van der Waals surface area contributed by atoms with Crippen LogP contribution in [-0.2, 0) is 31.2 Å². The number of sulfonamides is 2. The van der Waals surface area contributed by atoms with Crippen LogP contribution in [0.3, 0.4) is 0 Å². The second-order valence-electron chi connectivity index (χ2n) is 14.3. The molecule has 284 valence electrons. The van der Waals surface area contributed by atoms with Gasteiger partial charge in [-0.2, -0.15) is 8.61 Å². The summed E-state index contributed by atoms with van der Waals surface area (Å²) in [5.41, 5.74) is 13.4. The lowest BCUT2D eigenvalue weighted by molar-refractivity contribution is 0.0780. The molecule has 0 spiro atoms. The van der Waals surface area contributed by atoms with Gasteiger partial charge in [-0.15, -0.1) is 22.7 Å². The molecule has 0 saturated carbocycles. The Balaban J connectivity index is 0.000000201. The molecule has 0 radical (unpaired) electrons. The van der Waals surface area contributed by atoms with Gasteiger partial charge in [-0.3, -0.25) is 0 Å². The maximum atomic E-state index is 12.8. The molecule has 0 amide bonds. The lowest BCUT2D eigenvalue weighted by Crippen LogP contribution is -2.53. The highest BCUT2D eigenvalue weighted by molar-refractivity contribution is 7.91. The van der Waals surface area contributed by atoms with E-state index in [9.17, 15) is 27.0 Å². The number of piperazine rings is 2. The van der Waals surface area contributed by atoms with Gasteiger partial charge in [0.15, 0.2) is 0 Å². The highest BCUT2D eigenvalue weighted by Crippen LogP contribution is 2.32. The Kier molecular flexibility index (Phi) is 11.7. The number of nitrogen functional groups attached to an aromatic ring is 2. The van der Waals surface area contributed by atoms with E-state index in [2.05, 4.69) is 9.80 Å². The van der Waals surface area contributed by atoms with E-state index < -0.39 is 31.2 Å².